The molecule has 1 aromatic heterocycles. The fourth-order valence-electron chi connectivity index (χ4n) is 4.46. The first-order valence-corrected chi connectivity index (χ1v) is 10.4. The van der Waals surface area contributed by atoms with Crippen molar-refractivity contribution in [1.82, 2.24) is 24.5 Å². The molecule has 8 nitrogen and oxygen atoms in total. The number of aryl methyl sites for hydroxylation is 1. The van der Waals surface area contributed by atoms with Crippen molar-refractivity contribution in [1.29, 1.82) is 0 Å². The topological polar surface area (TPSA) is 78.8 Å². The van der Waals surface area contributed by atoms with Crippen LogP contribution in [0.3, 0.4) is 0 Å². The van der Waals surface area contributed by atoms with E-state index in [9.17, 15) is 14.4 Å². The first-order valence-electron chi connectivity index (χ1n) is 10.4. The number of aromatic nitrogens is 2. The molecule has 0 saturated carbocycles. The van der Waals surface area contributed by atoms with E-state index >= 15 is 0 Å². The van der Waals surface area contributed by atoms with E-state index in [2.05, 4.69) is 5.10 Å². The van der Waals surface area contributed by atoms with Crippen molar-refractivity contribution in [2.75, 3.05) is 20.1 Å². The summed E-state index contributed by atoms with van der Waals surface area (Å²) in [5, 5.41) is 4.15. The van der Waals surface area contributed by atoms with E-state index in [0.717, 1.165) is 12.0 Å². The van der Waals surface area contributed by atoms with Gasteiger partial charge in [-0.1, -0.05) is 30.3 Å². The van der Waals surface area contributed by atoms with Crippen LogP contribution in [0.25, 0.3) is 0 Å². The molecule has 30 heavy (non-hydrogen) atoms. The molecule has 2 aliphatic heterocycles. The zero-order valence-electron chi connectivity index (χ0n) is 17.2. The van der Waals surface area contributed by atoms with Crippen molar-refractivity contribution in [2.24, 2.45) is 0 Å². The number of imide groups is 1. The van der Waals surface area contributed by atoms with Crippen molar-refractivity contribution in [3.05, 3.63) is 54.4 Å². The van der Waals surface area contributed by atoms with Gasteiger partial charge in [-0.2, -0.15) is 5.10 Å². The van der Waals surface area contributed by atoms with Crippen LogP contribution in [-0.4, -0.2) is 68.0 Å². The second-order valence-electron chi connectivity index (χ2n) is 8.00. The van der Waals surface area contributed by atoms with E-state index in [1.165, 1.54) is 4.90 Å². The average Bonchev–Trinajstić information content (AvgIpc) is 3.34. The van der Waals surface area contributed by atoms with E-state index in [0.29, 0.717) is 45.4 Å². The van der Waals surface area contributed by atoms with E-state index in [1.807, 2.05) is 52.2 Å². The predicted octanol–water partition coefficient (Wildman–Crippen LogP) is 2.12. The molecule has 0 radical (unpaired) electrons. The average molecular weight is 409 g/mol. The highest BCUT2D eigenvalue weighted by Crippen LogP contribution is 2.38. The molecule has 2 saturated heterocycles. The summed E-state index contributed by atoms with van der Waals surface area (Å²) in [5.74, 6) is -0.0639. The van der Waals surface area contributed by atoms with Gasteiger partial charge < -0.3 is 9.80 Å². The molecule has 158 valence electrons. The molecule has 0 bridgehead atoms. The van der Waals surface area contributed by atoms with Gasteiger partial charge in [0, 0.05) is 52.0 Å². The summed E-state index contributed by atoms with van der Waals surface area (Å²) in [7, 11) is 1.55. The van der Waals surface area contributed by atoms with Gasteiger partial charge in [0.25, 0.3) is 5.91 Å². The molecule has 0 aliphatic carbocycles. The molecular formula is C22H27N5O3. The smallest absolute Gasteiger partial charge is 0.327 e. The minimum atomic E-state index is -0.854. The van der Waals surface area contributed by atoms with Gasteiger partial charge in [-0.3, -0.25) is 19.2 Å². The third-order valence-corrected chi connectivity index (χ3v) is 6.20. The molecule has 1 aromatic carbocycles. The molecule has 4 rings (SSSR count). The third kappa shape index (κ3) is 3.69. The summed E-state index contributed by atoms with van der Waals surface area (Å²) in [6.07, 6.45) is 5.73. The van der Waals surface area contributed by atoms with Crippen molar-refractivity contribution in [3.8, 4) is 0 Å². The Balaban J connectivity index is 1.39. The molecule has 4 amide bonds. The SMILES string of the molecule is CN1C(=O)N(Cc2ccccc2)C2(CCN(C(=O)CCCn3cccn3)CC2)C1=O. The zero-order valence-corrected chi connectivity index (χ0v) is 17.2. The third-order valence-electron chi connectivity index (χ3n) is 6.20. The highest BCUT2D eigenvalue weighted by Gasteiger charge is 2.56. The minimum absolute atomic E-state index is 0.0942. The maximum absolute atomic E-state index is 13.0. The molecule has 1 spiro atoms. The summed E-state index contributed by atoms with van der Waals surface area (Å²) >= 11 is 0. The number of benzene rings is 1. The van der Waals surface area contributed by atoms with Crippen LogP contribution in [-0.2, 0) is 22.7 Å². The quantitative estimate of drug-likeness (QED) is 0.685. The van der Waals surface area contributed by atoms with Crippen LogP contribution in [0, 0.1) is 0 Å². The fraction of sp³-hybridized carbons (Fsp3) is 0.455. The molecule has 8 heteroatoms. The number of hydrogen-bond donors (Lipinski definition) is 0. The van der Waals surface area contributed by atoms with Crippen molar-refractivity contribution in [2.45, 2.75) is 44.3 Å². The van der Waals surface area contributed by atoms with Crippen LogP contribution in [0.15, 0.2) is 48.8 Å². The van der Waals surface area contributed by atoms with E-state index < -0.39 is 5.54 Å². The number of carbonyl (C=O) groups excluding carboxylic acids is 3. The number of carbonyl (C=O) groups is 3. The maximum atomic E-state index is 13.0. The lowest BCUT2D eigenvalue weighted by molar-refractivity contribution is -0.140. The Hall–Kier alpha value is -3.16. The van der Waals surface area contributed by atoms with Gasteiger partial charge in [0.05, 0.1) is 0 Å². The number of likely N-dealkylation sites (N-methyl/N-ethyl adjacent to an activating group) is 1. The summed E-state index contributed by atoms with van der Waals surface area (Å²) in [6, 6.07) is 11.3. The summed E-state index contributed by atoms with van der Waals surface area (Å²) in [6.45, 7) is 2.07. The molecule has 2 aliphatic rings. The number of amides is 4. The normalized spacial score (nSPS) is 18.5. The van der Waals surface area contributed by atoms with Crippen LogP contribution in [0.1, 0.15) is 31.2 Å². The minimum Gasteiger partial charge on any atom is -0.342 e. The zero-order chi connectivity index (χ0) is 21.1. The summed E-state index contributed by atoms with van der Waals surface area (Å²) in [5.41, 5.74) is 0.138. The van der Waals surface area contributed by atoms with Crippen LogP contribution in [0.4, 0.5) is 4.79 Å². The maximum Gasteiger partial charge on any atom is 0.327 e. The van der Waals surface area contributed by atoms with Gasteiger partial charge in [0.1, 0.15) is 5.54 Å². The molecule has 2 fully saturated rings. The number of likely N-dealkylation sites (tertiary alicyclic amines) is 1. The Kier molecular flexibility index (Phi) is 5.57. The van der Waals surface area contributed by atoms with Crippen molar-refractivity contribution >= 4 is 17.8 Å². The Morgan fingerprint density at radius 2 is 1.83 bits per heavy atom. The number of piperidine rings is 1. The highest BCUT2D eigenvalue weighted by molar-refractivity contribution is 6.06. The molecule has 2 aromatic rings. The molecular weight excluding hydrogens is 382 g/mol. The van der Waals surface area contributed by atoms with Gasteiger partial charge >= 0.3 is 6.03 Å². The number of hydrogen-bond acceptors (Lipinski definition) is 4. The molecule has 0 N–H and O–H groups in total. The van der Waals surface area contributed by atoms with Gasteiger partial charge in [-0.25, -0.2) is 4.79 Å². The first-order chi connectivity index (χ1) is 14.5. The summed E-state index contributed by atoms with van der Waals surface area (Å²) < 4.78 is 1.82. The lowest BCUT2D eigenvalue weighted by Crippen LogP contribution is -2.57. The number of urea groups is 1. The summed E-state index contributed by atoms with van der Waals surface area (Å²) in [4.78, 5) is 43.2. The lowest BCUT2D eigenvalue weighted by Gasteiger charge is -2.42. The number of rotatable bonds is 6. The second-order valence-corrected chi connectivity index (χ2v) is 8.00. The molecule has 0 atom stereocenters. The van der Waals surface area contributed by atoms with Crippen molar-refractivity contribution < 1.29 is 14.4 Å². The molecule has 0 unspecified atom stereocenters. The lowest BCUT2D eigenvalue weighted by atomic mass is 9.85. The highest BCUT2D eigenvalue weighted by atomic mass is 16.2. The largest absolute Gasteiger partial charge is 0.342 e. The number of nitrogens with zero attached hydrogens (tertiary/aromatic N) is 5. The van der Waals surface area contributed by atoms with Gasteiger partial charge in [0.15, 0.2) is 0 Å². The second kappa shape index (κ2) is 8.30. The fourth-order valence-corrected chi connectivity index (χ4v) is 4.46. The van der Waals surface area contributed by atoms with Crippen LogP contribution < -0.4 is 0 Å². The first kappa shape index (κ1) is 20.1. The van der Waals surface area contributed by atoms with Crippen LogP contribution in [0.5, 0.6) is 0 Å². The van der Waals surface area contributed by atoms with Gasteiger partial charge in [0.2, 0.25) is 5.91 Å². The van der Waals surface area contributed by atoms with E-state index in [-0.39, 0.29) is 17.8 Å². The van der Waals surface area contributed by atoms with Crippen molar-refractivity contribution in [3.63, 3.8) is 0 Å². The van der Waals surface area contributed by atoms with E-state index in [4.69, 9.17) is 0 Å². The Morgan fingerprint density at radius 1 is 1.10 bits per heavy atom. The predicted molar refractivity (Wildman–Crippen MR) is 110 cm³/mol. The Labute approximate surface area is 176 Å². The van der Waals surface area contributed by atoms with Crippen LogP contribution >= 0.6 is 0 Å². The monoisotopic (exact) mass is 409 g/mol. The Bertz CT molecular complexity index is 904. The molecule has 3 heterocycles. The van der Waals surface area contributed by atoms with Gasteiger partial charge in [-0.05, 0) is 30.9 Å². The van der Waals surface area contributed by atoms with Crippen LogP contribution in [0.2, 0.25) is 0 Å². The van der Waals surface area contributed by atoms with Gasteiger partial charge in [-0.15, -0.1) is 0 Å². The standard InChI is InChI=1S/C22H27N5O3/c1-24-20(29)22(27(21(24)30)17-18-7-3-2-4-8-18)10-15-25(16-11-22)19(28)9-5-13-26-14-6-12-23-26/h2-4,6-8,12,14H,5,9-11,13,15-17H2,1H3. The van der Waals surface area contributed by atoms with E-state index in [1.54, 1.807) is 18.1 Å². The Morgan fingerprint density at radius 3 is 2.50 bits per heavy atom.